The lowest BCUT2D eigenvalue weighted by Gasteiger charge is -2.12. The molecule has 8 heteroatoms. The number of anilines is 2. The summed E-state index contributed by atoms with van der Waals surface area (Å²) in [5.41, 5.74) is 1.81. The van der Waals surface area contributed by atoms with Crippen LogP contribution in [0.4, 0.5) is 11.4 Å². The number of hydrogen-bond acceptors (Lipinski definition) is 6. The summed E-state index contributed by atoms with van der Waals surface area (Å²) in [6, 6.07) is 11.4. The Bertz CT molecular complexity index is 779. The molecule has 0 aliphatic carbocycles. The summed E-state index contributed by atoms with van der Waals surface area (Å²) < 4.78 is 0. The van der Waals surface area contributed by atoms with Crippen molar-refractivity contribution in [2.45, 2.75) is 6.54 Å². The molecule has 0 aliphatic heterocycles. The van der Waals surface area contributed by atoms with Crippen molar-refractivity contribution in [3.05, 3.63) is 41.8 Å². The molecule has 0 unspecified atom stereocenters. The van der Waals surface area contributed by atoms with Gasteiger partial charge >= 0.3 is 0 Å². The Balaban J connectivity index is 1.61. The highest BCUT2D eigenvalue weighted by Gasteiger charge is 2.10. The van der Waals surface area contributed by atoms with Gasteiger partial charge in [0.1, 0.15) is 6.54 Å². The van der Waals surface area contributed by atoms with Crippen LogP contribution in [0.5, 0.6) is 0 Å². The molecule has 1 N–H and O–H groups in total. The van der Waals surface area contributed by atoms with E-state index < -0.39 is 0 Å². The summed E-state index contributed by atoms with van der Waals surface area (Å²) >= 11 is 1.53. The van der Waals surface area contributed by atoms with Crippen LogP contribution in [0.1, 0.15) is 0 Å². The highest BCUT2D eigenvalue weighted by molar-refractivity contribution is 7.13. The van der Waals surface area contributed by atoms with Gasteiger partial charge < -0.3 is 10.2 Å². The summed E-state index contributed by atoms with van der Waals surface area (Å²) in [7, 11) is 3.93. The van der Waals surface area contributed by atoms with Gasteiger partial charge in [0, 0.05) is 25.5 Å². The molecule has 3 aromatic rings. The largest absolute Gasteiger partial charge is 0.378 e. The number of carbonyl (C=O) groups is 1. The van der Waals surface area contributed by atoms with E-state index in [0.717, 1.165) is 16.3 Å². The van der Waals surface area contributed by atoms with Gasteiger partial charge in [-0.15, -0.1) is 21.5 Å². The van der Waals surface area contributed by atoms with Crippen LogP contribution in [0.15, 0.2) is 41.8 Å². The molecule has 23 heavy (non-hydrogen) atoms. The van der Waals surface area contributed by atoms with Crippen LogP contribution in [0.25, 0.3) is 10.7 Å². The van der Waals surface area contributed by atoms with Gasteiger partial charge in [0.15, 0.2) is 0 Å². The van der Waals surface area contributed by atoms with Crippen LogP contribution in [0, 0.1) is 0 Å². The lowest BCUT2D eigenvalue weighted by atomic mass is 10.2. The second-order valence-corrected chi connectivity index (χ2v) is 6.06. The topological polar surface area (TPSA) is 75.9 Å². The standard InChI is InChI=1S/C15H16N6OS/c1-20(2)12-7-5-11(6-8-12)16-14(22)10-21-18-15(17-19-21)13-4-3-9-23-13/h3-9H,10H2,1-2H3,(H,16,22). The number of tetrazole rings is 1. The maximum Gasteiger partial charge on any atom is 0.248 e. The minimum atomic E-state index is -0.197. The molecule has 1 aromatic carbocycles. The van der Waals surface area contributed by atoms with E-state index in [9.17, 15) is 4.79 Å². The fraction of sp³-hybridized carbons (Fsp3) is 0.200. The number of benzene rings is 1. The Morgan fingerprint density at radius 2 is 2.04 bits per heavy atom. The van der Waals surface area contributed by atoms with Crippen molar-refractivity contribution in [2.24, 2.45) is 0 Å². The first kappa shape index (κ1) is 15.2. The van der Waals surface area contributed by atoms with Gasteiger partial charge in [0.05, 0.1) is 4.88 Å². The number of amides is 1. The van der Waals surface area contributed by atoms with Crippen molar-refractivity contribution in [3.63, 3.8) is 0 Å². The first-order chi connectivity index (χ1) is 11.1. The molecule has 0 aliphatic rings. The molecule has 0 fully saturated rings. The molecule has 2 aromatic heterocycles. The molecule has 118 valence electrons. The third-order valence-electron chi connectivity index (χ3n) is 3.15. The Morgan fingerprint density at radius 1 is 1.26 bits per heavy atom. The predicted molar refractivity (Wildman–Crippen MR) is 90.5 cm³/mol. The van der Waals surface area contributed by atoms with Gasteiger partial charge in [-0.3, -0.25) is 4.79 Å². The number of thiophene rings is 1. The Morgan fingerprint density at radius 3 is 2.70 bits per heavy atom. The molecule has 3 rings (SSSR count). The fourth-order valence-corrected chi connectivity index (χ4v) is 2.63. The van der Waals surface area contributed by atoms with E-state index in [1.54, 1.807) is 0 Å². The summed E-state index contributed by atoms with van der Waals surface area (Å²) in [5, 5.41) is 16.8. The van der Waals surface area contributed by atoms with Crippen LogP contribution in [-0.2, 0) is 11.3 Å². The number of rotatable bonds is 5. The second kappa shape index (κ2) is 6.57. The van der Waals surface area contributed by atoms with E-state index >= 15 is 0 Å². The van der Waals surface area contributed by atoms with E-state index in [1.807, 2.05) is 60.8 Å². The van der Waals surface area contributed by atoms with Crippen molar-refractivity contribution in [2.75, 3.05) is 24.3 Å². The maximum atomic E-state index is 12.0. The molecule has 2 heterocycles. The lowest BCUT2D eigenvalue weighted by molar-refractivity contribution is -0.117. The molecule has 7 nitrogen and oxygen atoms in total. The van der Waals surface area contributed by atoms with E-state index in [2.05, 4.69) is 20.7 Å². The van der Waals surface area contributed by atoms with Gasteiger partial charge in [-0.25, -0.2) is 0 Å². The van der Waals surface area contributed by atoms with E-state index in [1.165, 1.54) is 16.1 Å². The monoisotopic (exact) mass is 328 g/mol. The highest BCUT2D eigenvalue weighted by Crippen LogP contribution is 2.19. The molecule has 0 bridgehead atoms. The average Bonchev–Trinajstić information content (AvgIpc) is 3.18. The van der Waals surface area contributed by atoms with Gasteiger partial charge in [-0.1, -0.05) is 6.07 Å². The SMILES string of the molecule is CN(C)c1ccc(NC(=O)Cn2nnc(-c3cccs3)n2)cc1. The molecule has 1 amide bonds. The summed E-state index contributed by atoms with van der Waals surface area (Å²) in [4.78, 5) is 16.3. The number of nitrogens with zero attached hydrogens (tertiary/aromatic N) is 5. The Kier molecular flexibility index (Phi) is 4.33. The van der Waals surface area contributed by atoms with Crippen molar-refractivity contribution >= 4 is 28.6 Å². The van der Waals surface area contributed by atoms with Crippen LogP contribution < -0.4 is 10.2 Å². The quantitative estimate of drug-likeness (QED) is 0.776. The Hall–Kier alpha value is -2.74. The second-order valence-electron chi connectivity index (χ2n) is 5.11. The highest BCUT2D eigenvalue weighted by atomic mass is 32.1. The fourth-order valence-electron chi connectivity index (χ4n) is 1.99. The number of nitrogens with one attached hydrogen (secondary N) is 1. The summed E-state index contributed by atoms with van der Waals surface area (Å²) in [6.07, 6.45) is 0. The lowest BCUT2D eigenvalue weighted by Crippen LogP contribution is -2.20. The third-order valence-corrected chi connectivity index (χ3v) is 4.01. The Labute approximate surface area is 137 Å². The zero-order chi connectivity index (χ0) is 16.2. The van der Waals surface area contributed by atoms with Gasteiger partial charge in [0.25, 0.3) is 0 Å². The maximum absolute atomic E-state index is 12.0. The van der Waals surface area contributed by atoms with E-state index in [4.69, 9.17) is 0 Å². The molecule has 0 spiro atoms. The predicted octanol–water partition coefficient (Wildman–Crippen LogP) is 2.11. The first-order valence-electron chi connectivity index (χ1n) is 7.01. The smallest absolute Gasteiger partial charge is 0.248 e. The molecule has 0 saturated carbocycles. The van der Waals surface area contributed by atoms with E-state index in [-0.39, 0.29) is 12.5 Å². The van der Waals surface area contributed by atoms with Crippen molar-refractivity contribution in [3.8, 4) is 10.7 Å². The number of carbonyl (C=O) groups excluding carboxylic acids is 1. The number of hydrogen-bond donors (Lipinski definition) is 1. The molecule has 0 saturated heterocycles. The first-order valence-corrected chi connectivity index (χ1v) is 7.89. The third kappa shape index (κ3) is 3.72. The van der Waals surface area contributed by atoms with Crippen LogP contribution >= 0.6 is 11.3 Å². The average molecular weight is 328 g/mol. The normalized spacial score (nSPS) is 10.5. The van der Waals surface area contributed by atoms with E-state index in [0.29, 0.717) is 5.82 Å². The molecular formula is C15H16N6OS. The van der Waals surface area contributed by atoms with Crippen molar-refractivity contribution in [1.29, 1.82) is 0 Å². The molecule has 0 radical (unpaired) electrons. The van der Waals surface area contributed by atoms with Crippen LogP contribution in [0.2, 0.25) is 0 Å². The van der Waals surface area contributed by atoms with Crippen LogP contribution in [-0.4, -0.2) is 40.2 Å². The van der Waals surface area contributed by atoms with Crippen molar-refractivity contribution in [1.82, 2.24) is 20.2 Å². The van der Waals surface area contributed by atoms with Crippen molar-refractivity contribution < 1.29 is 4.79 Å². The van der Waals surface area contributed by atoms with Crippen LogP contribution in [0.3, 0.4) is 0 Å². The zero-order valence-electron chi connectivity index (χ0n) is 12.8. The molecule has 0 atom stereocenters. The minimum absolute atomic E-state index is 0.0216. The summed E-state index contributed by atoms with van der Waals surface area (Å²) in [5.74, 6) is 0.334. The summed E-state index contributed by atoms with van der Waals surface area (Å²) in [6.45, 7) is 0.0216. The zero-order valence-corrected chi connectivity index (χ0v) is 13.6. The minimum Gasteiger partial charge on any atom is -0.378 e. The van der Waals surface area contributed by atoms with Gasteiger partial charge in [-0.2, -0.15) is 4.80 Å². The van der Waals surface area contributed by atoms with Gasteiger partial charge in [-0.05, 0) is 40.9 Å². The number of aromatic nitrogens is 4. The van der Waals surface area contributed by atoms with Gasteiger partial charge in [0.2, 0.25) is 11.7 Å². The molecular weight excluding hydrogens is 312 g/mol.